The van der Waals surface area contributed by atoms with Crippen LogP contribution in [0.1, 0.15) is 15.2 Å². The molecule has 3 N–H and O–H groups in total. The van der Waals surface area contributed by atoms with Gasteiger partial charge in [0.1, 0.15) is 10.7 Å². The number of rotatable bonds is 8. The Labute approximate surface area is 200 Å². The van der Waals surface area contributed by atoms with Gasteiger partial charge in [0.2, 0.25) is 5.78 Å². The number of nitrogen functional groups attached to an aromatic ring is 1. The number of nitrogens with zero attached hydrogens (tertiary/aromatic N) is 1. The highest BCUT2D eigenvalue weighted by molar-refractivity contribution is 7.85. The first-order chi connectivity index (χ1) is 15.3. The summed E-state index contributed by atoms with van der Waals surface area (Å²) in [6.07, 6.45) is 2.71. The fourth-order valence-electron chi connectivity index (χ4n) is 2.61. The van der Waals surface area contributed by atoms with Gasteiger partial charge in [-0.2, -0.15) is 0 Å². The van der Waals surface area contributed by atoms with Crippen molar-refractivity contribution in [1.82, 2.24) is 4.98 Å². The van der Waals surface area contributed by atoms with Crippen LogP contribution in [0.3, 0.4) is 0 Å². The zero-order valence-electron chi connectivity index (χ0n) is 16.6. The zero-order chi connectivity index (χ0) is 23.3. The van der Waals surface area contributed by atoms with Gasteiger partial charge in [-0.3, -0.25) is 9.00 Å². The van der Waals surface area contributed by atoms with Crippen molar-refractivity contribution < 1.29 is 18.5 Å². The van der Waals surface area contributed by atoms with Crippen LogP contribution in [-0.4, -0.2) is 33.8 Å². The number of nitrogens with one attached hydrogen (secondary N) is 1. The molecule has 0 radical (unpaired) electrons. The van der Waals surface area contributed by atoms with Gasteiger partial charge in [-0.05, 0) is 30.3 Å². The summed E-state index contributed by atoms with van der Waals surface area (Å²) < 4.78 is 17.0. The number of anilines is 3. The molecule has 0 amide bonds. The Morgan fingerprint density at radius 1 is 1.22 bits per heavy atom. The van der Waals surface area contributed by atoms with E-state index in [0.717, 1.165) is 11.3 Å². The standard InChI is InChI=1S/C21H17Cl2N3O4S2/c1-30-16(27)9-4-10-32(29)13-6-2-5-12(11-13)25-21-26-20(24)19(31-21)18(28)17-14(22)7-3-8-15(17)23/h2-9,11H,10,24H2,1H3,(H,25,26)/b9-4+. The van der Waals surface area contributed by atoms with Crippen LogP contribution < -0.4 is 11.1 Å². The molecule has 0 aliphatic carbocycles. The molecule has 11 heteroatoms. The van der Waals surface area contributed by atoms with E-state index < -0.39 is 22.6 Å². The maximum Gasteiger partial charge on any atom is 0.330 e. The Kier molecular flexibility index (Phi) is 8.03. The van der Waals surface area contributed by atoms with Crippen molar-refractivity contribution in [3.8, 4) is 0 Å². The Balaban J connectivity index is 1.77. The van der Waals surface area contributed by atoms with Crippen molar-refractivity contribution in [1.29, 1.82) is 0 Å². The first kappa shape index (κ1) is 23.9. The fourth-order valence-corrected chi connectivity index (χ4v) is 4.98. The number of aromatic nitrogens is 1. The SMILES string of the molecule is COC(=O)/C=C/CS(=O)c1cccc(Nc2nc(N)c(C(=O)c3c(Cl)cccc3Cl)s2)c1. The van der Waals surface area contributed by atoms with Crippen LogP contribution in [0.4, 0.5) is 16.6 Å². The molecular formula is C21H17Cl2N3O4S2. The van der Waals surface area contributed by atoms with Crippen LogP contribution in [0, 0.1) is 0 Å². The molecule has 32 heavy (non-hydrogen) atoms. The van der Waals surface area contributed by atoms with Crippen molar-refractivity contribution in [3.63, 3.8) is 0 Å². The van der Waals surface area contributed by atoms with Crippen LogP contribution >= 0.6 is 34.5 Å². The molecule has 3 rings (SSSR count). The summed E-state index contributed by atoms with van der Waals surface area (Å²) in [5.41, 5.74) is 6.73. The molecule has 0 aliphatic rings. The number of ketones is 1. The largest absolute Gasteiger partial charge is 0.466 e. The van der Waals surface area contributed by atoms with Crippen LogP contribution in [0.15, 0.2) is 59.5 Å². The van der Waals surface area contributed by atoms with E-state index >= 15 is 0 Å². The fraction of sp³-hybridized carbons (Fsp3) is 0.0952. The molecule has 0 spiro atoms. The third-order valence-corrected chi connectivity index (χ3v) is 6.99. The Morgan fingerprint density at radius 3 is 2.59 bits per heavy atom. The molecular weight excluding hydrogens is 493 g/mol. The summed E-state index contributed by atoms with van der Waals surface area (Å²) in [6, 6.07) is 11.7. The number of halogens is 2. The first-order valence-corrected chi connectivity index (χ1v) is 11.9. The van der Waals surface area contributed by atoms with E-state index in [1.807, 2.05) is 0 Å². The Morgan fingerprint density at radius 2 is 1.91 bits per heavy atom. The minimum Gasteiger partial charge on any atom is -0.466 e. The summed E-state index contributed by atoms with van der Waals surface area (Å²) in [7, 11) is -0.0965. The van der Waals surface area contributed by atoms with Crippen LogP contribution in [0.25, 0.3) is 0 Å². The topological polar surface area (TPSA) is 111 Å². The molecule has 1 atom stereocenters. The number of esters is 1. The maximum atomic E-state index is 12.9. The van der Waals surface area contributed by atoms with E-state index in [1.165, 1.54) is 19.3 Å². The number of thiazole rings is 1. The van der Waals surface area contributed by atoms with E-state index in [-0.39, 0.29) is 32.1 Å². The van der Waals surface area contributed by atoms with Gasteiger partial charge in [0.15, 0.2) is 5.13 Å². The lowest BCUT2D eigenvalue weighted by Crippen LogP contribution is -2.04. The molecule has 3 aromatic rings. The third-order valence-electron chi connectivity index (χ3n) is 4.10. The number of carbonyl (C=O) groups is 2. The number of ether oxygens (including phenoxy) is 1. The third kappa shape index (κ3) is 5.74. The van der Waals surface area contributed by atoms with E-state index in [9.17, 15) is 13.8 Å². The highest BCUT2D eigenvalue weighted by atomic mass is 35.5. The second-order valence-electron chi connectivity index (χ2n) is 6.25. The van der Waals surface area contributed by atoms with E-state index in [4.69, 9.17) is 28.9 Å². The zero-order valence-corrected chi connectivity index (χ0v) is 19.8. The number of nitrogens with two attached hydrogens (primary N) is 1. The average molecular weight is 510 g/mol. The number of benzene rings is 2. The van der Waals surface area contributed by atoms with Crippen molar-refractivity contribution in [2.45, 2.75) is 4.90 Å². The molecule has 0 aliphatic heterocycles. The number of methoxy groups -OCH3 is 1. The van der Waals surface area contributed by atoms with E-state index in [0.29, 0.717) is 15.7 Å². The second kappa shape index (κ2) is 10.7. The normalized spacial score (nSPS) is 12.0. The van der Waals surface area contributed by atoms with Crippen LogP contribution in [0.2, 0.25) is 10.0 Å². The predicted molar refractivity (Wildman–Crippen MR) is 129 cm³/mol. The maximum absolute atomic E-state index is 12.9. The Hall–Kier alpha value is -2.72. The smallest absolute Gasteiger partial charge is 0.330 e. The number of carbonyl (C=O) groups excluding carboxylic acids is 2. The Bertz CT molecular complexity index is 1210. The van der Waals surface area contributed by atoms with Crippen LogP contribution in [-0.2, 0) is 20.3 Å². The van der Waals surface area contributed by atoms with Gasteiger partial charge in [0.05, 0.1) is 33.5 Å². The molecule has 0 saturated carbocycles. The minimum absolute atomic E-state index is 0.0474. The van der Waals surface area contributed by atoms with E-state index in [2.05, 4.69) is 15.0 Å². The van der Waals surface area contributed by atoms with Crippen molar-refractivity contribution in [2.75, 3.05) is 23.9 Å². The molecule has 7 nitrogen and oxygen atoms in total. The summed E-state index contributed by atoms with van der Waals surface area (Å²) in [5.74, 6) is -0.732. The lowest BCUT2D eigenvalue weighted by Gasteiger charge is -2.05. The van der Waals surface area contributed by atoms with Crippen molar-refractivity contribution in [2.24, 2.45) is 0 Å². The van der Waals surface area contributed by atoms with E-state index in [1.54, 1.807) is 42.5 Å². The molecule has 166 valence electrons. The highest BCUT2D eigenvalue weighted by Crippen LogP contribution is 2.34. The van der Waals surface area contributed by atoms with Gasteiger partial charge < -0.3 is 15.8 Å². The van der Waals surface area contributed by atoms with Gasteiger partial charge in [-0.1, -0.05) is 52.7 Å². The summed E-state index contributed by atoms with van der Waals surface area (Å²) in [6.45, 7) is 0. The van der Waals surface area contributed by atoms with Gasteiger partial charge in [-0.15, -0.1) is 0 Å². The number of hydrogen-bond donors (Lipinski definition) is 2. The molecule has 2 aromatic carbocycles. The van der Waals surface area contributed by atoms with Gasteiger partial charge >= 0.3 is 5.97 Å². The minimum atomic E-state index is -1.37. The molecule has 0 bridgehead atoms. The van der Waals surface area contributed by atoms with Crippen molar-refractivity contribution >= 4 is 73.7 Å². The lowest BCUT2D eigenvalue weighted by molar-refractivity contribution is -0.134. The summed E-state index contributed by atoms with van der Waals surface area (Å²) in [5, 5.41) is 3.89. The molecule has 1 heterocycles. The lowest BCUT2D eigenvalue weighted by atomic mass is 10.1. The highest BCUT2D eigenvalue weighted by Gasteiger charge is 2.22. The summed E-state index contributed by atoms with van der Waals surface area (Å²) >= 11 is 13.3. The predicted octanol–water partition coefficient (Wildman–Crippen LogP) is 4.84. The molecule has 1 aromatic heterocycles. The first-order valence-electron chi connectivity index (χ1n) is 9.05. The molecule has 0 fully saturated rings. The van der Waals surface area contributed by atoms with Crippen molar-refractivity contribution in [3.05, 3.63) is 75.1 Å². The monoisotopic (exact) mass is 509 g/mol. The van der Waals surface area contributed by atoms with Gasteiger partial charge in [-0.25, -0.2) is 9.78 Å². The quantitative estimate of drug-likeness (QED) is 0.253. The second-order valence-corrected chi connectivity index (χ2v) is 9.56. The average Bonchev–Trinajstić information content (AvgIpc) is 3.13. The molecule has 1 unspecified atom stereocenters. The summed E-state index contributed by atoms with van der Waals surface area (Å²) in [4.78, 5) is 29.0. The number of hydrogen-bond acceptors (Lipinski definition) is 8. The van der Waals surface area contributed by atoms with Crippen LogP contribution in [0.5, 0.6) is 0 Å². The van der Waals surface area contributed by atoms with Gasteiger partial charge in [0, 0.05) is 22.4 Å². The molecule has 0 saturated heterocycles. The van der Waals surface area contributed by atoms with Gasteiger partial charge in [0.25, 0.3) is 0 Å².